The first kappa shape index (κ1) is 21.9. The highest BCUT2D eigenvalue weighted by Crippen LogP contribution is 2.54. The highest BCUT2D eigenvalue weighted by atomic mass is 19.1. The van der Waals surface area contributed by atoms with Crippen molar-refractivity contribution in [3.8, 4) is 5.75 Å². The number of hydrazine groups is 1. The Bertz CT molecular complexity index is 1090. The molecule has 1 aromatic heterocycles. The van der Waals surface area contributed by atoms with Gasteiger partial charge in [0, 0.05) is 18.0 Å². The Morgan fingerprint density at radius 2 is 1.79 bits per heavy atom. The van der Waals surface area contributed by atoms with Crippen LogP contribution in [0.15, 0.2) is 73.1 Å². The number of nitrogens with one attached hydrogen (secondary N) is 1. The van der Waals surface area contributed by atoms with Crippen molar-refractivity contribution < 1.29 is 9.23 Å². The van der Waals surface area contributed by atoms with E-state index in [0.29, 0.717) is 17.8 Å². The molecule has 1 aliphatic heterocycles. The van der Waals surface area contributed by atoms with Gasteiger partial charge in [-0.1, -0.05) is 51.1 Å². The lowest BCUT2D eigenvalue weighted by molar-refractivity contribution is -0.0872. The quantitative estimate of drug-likeness (QED) is 0.462. The van der Waals surface area contributed by atoms with Gasteiger partial charge in [0.15, 0.2) is 5.75 Å². The lowest BCUT2D eigenvalue weighted by Crippen LogP contribution is -2.45. The number of hydroxylamine groups is 1. The lowest BCUT2D eigenvalue weighted by Gasteiger charge is -2.47. The van der Waals surface area contributed by atoms with E-state index in [9.17, 15) is 4.39 Å². The van der Waals surface area contributed by atoms with Gasteiger partial charge < -0.3 is 4.84 Å². The van der Waals surface area contributed by atoms with Crippen LogP contribution < -0.4 is 10.3 Å². The minimum atomic E-state index is -0.180. The highest BCUT2D eigenvalue weighted by Gasteiger charge is 2.48. The first-order valence-electron chi connectivity index (χ1n) is 11.9. The average molecular weight is 446 g/mol. The van der Waals surface area contributed by atoms with E-state index in [1.807, 2.05) is 41.6 Å². The number of aromatic nitrogens is 1. The molecule has 4 unspecified atom stereocenters. The number of benzene rings is 2. The fourth-order valence-electron chi connectivity index (χ4n) is 5.91. The second-order valence-electron chi connectivity index (χ2n) is 10.1. The topological polar surface area (TPSA) is 37.4 Å². The van der Waals surface area contributed by atoms with E-state index >= 15 is 0 Å². The number of rotatable bonds is 5. The van der Waals surface area contributed by atoms with E-state index in [4.69, 9.17) is 4.84 Å². The summed E-state index contributed by atoms with van der Waals surface area (Å²) in [6.07, 6.45) is 6.81. The van der Waals surface area contributed by atoms with Gasteiger partial charge in [0.1, 0.15) is 5.82 Å². The zero-order valence-electron chi connectivity index (χ0n) is 19.5. The Kier molecular flexibility index (Phi) is 5.83. The zero-order valence-corrected chi connectivity index (χ0v) is 19.5. The summed E-state index contributed by atoms with van der Waals surface area (Å²) in [6.45, 7) is 7.01. The lowest BCUT2D eigenvalue weighted by atomic mass is 9.59. The summed E-state index contributed by atoms with van der Waals surface area (Å²) >= 11 is 0. The summed E-state index contributed by atoms with van der Waals surface area (Å²) in [4.78, 5) is 10.5. The minimum absolute atomic E-state index is 0.0103. The Hall–Kier alpha value is -2.92. The van der Waals surface area contributed by atoms with Crippen LogP contribution in [0.3, 0.4) is 0 Å². The molecule has 3 aromatic rings. The van der Waals surface area contributed by atoms with Gasteiger partial charge in [0.25, 0.3) is 0 Å². The number of para-hydroxylation sites is 1. The van der Waals surface area contributed by atoms with Crippen LogP contribution in [0.1, 0.15) is 57.2 Å². The van der Waals surface area contributed by atoms with Gasteiger partial charge in [-0.25, -0.2) is 4.39 Å². The third-order valence-corrected chi connectivity index (χ3v) is 7.68. The fraction of sp³-hybridized carbons (Fsp3) is 0.393. The summed E-state index contributed by atoms with van der Waals surface area (Å²) in [7, 11) is 0. The third kappa shape index (κ3) is 4.22. The van der Waals surface area contributed by atoms with Crippen LogP contribution in [-0.4, -0.2) is 10.2 Å². The van der Waals surface area contributed by atoms with Crippen molar-refractivity contribution in [2.24, 2.45) is 17.8 Å². The highest BCUT2D eigenvalue weighted by molar-refractivity contribution is 5.44. The first-order valence-corrected chi connectivity index (χ1v) is 11.9. The SMILES string of the molecule is CC(C)C1CCC(C)(c2ccc(F)cc2)CC1C1c2ccccc2ON1Nc1ccncc1. The van der Waals surface area contributed by atoms with Crippen LogP contribution in [0.25, 0.3) is 0 Å². The summed E-state index contributed by atoms with van der Waals surface area (Å²) < 4.78 is 13.7. The van der Waals surface area contributed by atoms with Crippen LogP contribution in [0.2, 0.25) is 0 Å². The largest absolute Gasteiger partial charge is 0.385 e. The number of anilines is 1. The van der Waals surface area contributed by atoms with Crippen LogP contribution in [0, 0.1) is 23.6 Å². The number of halogens is 1. The van der Waals surface area contributed by atoms with Crippen LogP contribution in [0.4, 0.5) is 10.1 Å². The second kappa shape index (κ2) is 8.79. The molecular weight excluding hydrogens is 413 g/mol. The molecule has 2 aliphatic rings. The predicted octanol–water partition coefficient (Wildman–Crippen LogP) is 6.93. The van der Waals surface area contributed by atoms with Crippen molar-refractivity contribution in [2.45, 2.75) is 51.5 Å². The molecule has 1 aliphatic carbocycles. The monoisotopic (exact) mass is 445 g/mol. The number of pyridine rings is 1. The summed E-state index contributed by atoms with van der Waals surface area (Å²) in [6, 6.07) is 19.4. The van der Waals surface area contributed by atoms with E-state index in [0.717, 1.165) is 30.7 Å². The molecule has 1 N–H and O–H groups in total. The minimum Gasteiger partial charge on any atom is -0.385 e. The molecule has 4 atom stereocenters. The molecular formula is C28H32FN3O. The first-order chi connectivity index (χ1) is 15.9. The molecule has 0 bridgehead atoms. The Balaban J connectivity index is 1.53. The molecule has 33 heavy (non-hydrogen) atoms. The van der Waals surface area contributed by atoms with Gasteiger partial charge in [0.2, 0.25) is 0 Å². The van der Waals surface area contributed by atoms with E-state index in [2.05, 4.69) is 43.3 Å². The molecule has 2 heterocycles. The number of fused-ring (bicyclic) bond motifs is 1. The van der Waals surface area contributed by atoms with Crippen molar-refractivity contribution >= 4 is 5.69 Å². The number of nitrogens with zero attached hydrogens (tertiary/aromatic N) is 2. The molecule has 1 fully saturated rings. The van der Waals surface area contributed by atoms with Crippen molar-refractivity contribution in [3.05, 3.63) is 90.0 Å². The molecule has 5 rings (SSSR count). The maximum Gasteiger partial charge on any atom is 0.154 e. The van der Waals surface area contributed by atoms with Gasteiger partial charge >= 0.3 is 0 Å². The second-order valence-corrected chi connectivity index (χ2v) is 10.1. The Morgan fingerprint density at radius 1 is 1.06 bits per heavy atom. The molecule has 0 spiro atoms. The van der Waals surface area contributed by atoms with E-state index in [1.165, 1.54) is 11.1 Å². The van der Waals surface area contributed by atoms with Gasteiger partial charge in [-0.3, -0.25) is 10.4 Å². The fourth-order valence-corrected chi connectivity index (χ4v) is 5.91. The molecule has 5 heteroatoms. The van der Waals surface area contributed by atoms with E-state index < -0.39 is 0 Å². The van der Waals surface area contributed by atoms with Crippen molar-refractivity contribution in [1.29, 1.82) is 0 Å². The predicted molar refractivity (Wildman–Crippen MR) is 129 cm³/mol. The van der Waals surface area contributed by atoms with E-state index in [-0.39, 0.29) is 17.3 Å². The maximum atomic E-state index is 13.7. The van der Waals surface area contributed by atoms with Crippen molar-refractivity contribution in [3.63, 3.8) is 0 Å². The van der Waals surface area contributed by atoms with Crippen molar-refractivity contribution in [2.75, 3.05) is 5.43 Å². The molecule has 0 radical (unpaired) electrons. The smallest absolute Gasteiger partial charge is 0.154 e. The number of hydrogen-bond acceptors (Lipinski definition) is 4. The standard InChI is InChI=1S/C28H32FN3O/c1-19(2)23-12-15-28(3,20-8-10-21(29)11-9-20)18-25(23)27-24-6-4-5-7-26(24)33-32(27)31-22-13-16-30-17-14-22/h4-11,13-14,16-17,19,23,25,27H,12,15,18H2,1-3H3,(H,30,31). The molecule has 1 saturated carbocycles. The van der Waals surface area contributed by atoms with Gasteiger partial charge in [0.05, 0.1) is 11.7 Å². The molecule has 4 nitrogen and oxygen atoms in total. The summed E-state index contributed by atoms with van der Waals surface area (Å²) in [5, 5.41) is 1.94. The van der Waals surface area contributed by atoms with E-state index in [1.54, 1.807) is 24.5 Å². The zero-order chi connectivity index (χ0) is 23.0. The van der Waals surface area contributed by atoms with Crippen LogP contribution in [0.5, 0.6) is 5.75 Å². The molecule has 172 valence electrons. The number of hydrogen-bond donors (Lipinski definition) is 1. The van der Waals surface area contributed by atoms with Gasteiger partial charge in [-0.2, -0.15) is 0 Å². The van der Waals surface area contributed by atoms with Gasteiger partial charge in [-0.05, 0) is 83.5 Å². The molecule has 2 aromatic carbocycles. The van der Waals surface area contributed by atoms with Crippen molar-refractivity contribution in [1.82, 2.24) is 10.2 Å². The van der Waals surface area contributed by atoms with Gasteiger partial charge in [-0.15, -0.1) is 0 Å². The van der Waals surface area contributed by atoms with Crippen LogP contribution >= 0.6 is 0 Å². The molecule has 0 saturated heterocycles. The van der Waals surface area contributed by atoms with Crippen LogP contribution in [-0.2, 0) is 5.41 Å². The summed E-state index contributed by atoms with van der Waals surface area (Å²) in [5.74, 6) is 2.20. The Morgan fingerprint density at radius 3 is 2.52 bits per heavy atom. The molecule has 0 amide bonds. The maximum absolute atomic E-state index is 13.7. The Labute approximate surface area is 195 Å². The average Bonchev–Trinajstić information content (AvgIpc) is 3.17. The summed E-state index contributed by atoms with van der Waals surface area (Å²) in [5.41, 5.74) is 6.87. The third-order valence-electron chi connectivity index (χ3n) is 7.68. The normalized spacial score (nSPS) is 27.2.